The fourth-order valence-corrected chi connectivity index (χ4v) is 2.30. The molecule has 1 aromatic carbocycles. The predicted molar refractivity (Wildman–Crippen MR) is 81.2 cm³/mol. The largest absolute Gasteiger partial charge is 0.387 e. The summed E-state index contributed by atoms with van der Waals surface area (Å²) in [5.41, 5.74) is 1.48. The third kappa shape index (κ3) is 6.63. The van der Waals surface area contributed by atoms with Crippen LogP contribution < -0.4 is 5.32 Å². The summed E-state index contributed by atoms with van der Waals surface area (Å²) in [7, 11) is 0. The van der Waals surface area contributed by atoms with E-state index in [-0.39, 0.29) is 0 Å². The van der Waals surface area contributed by atoms with Gasteiger partial charge in [0, 0.05) is 6.54 Å². The second kappa shape index (κ2) is 9.85. The smallest absolute Gasteiger partial charge is 0.0991 e. The number of thioether (sulfide) groups is 1. The maximum Gasteiger partial charge on any atom is 0.0991 e. The molecule has 0 aliphatic carbocycles. The number of hydrogen-bond acceptors (Lipinski definition) is 4. The van der Waals surface area contributed by atoms with Gasteiger partial charge in [-0.2, -0.15) is 17.0 Å². The van der Waals surface area contributed by atoms with E-state index in [1.807, 2.05) is 23.9 Å². The van der Waals surface area contributed by atoms with E-state index in [0.717, 1.165) is 18.5 Å². The molecule has 4 heteroatoms. The van der Waals surface area contributed by atoms with Crippen molar-refractivity contribution in [3.63, 3.8) is 0 Å². The van der Waals surface area contributed by atoms with Gasteiger partial charge >= 0.3 is 0 Å². The SMILES string of the molecule is CSCCCCCNCC(O)c1ccc(C#N)cc1. The summed E-state index contributed by atoms with van der Waals surface area (Å²) in [6.45, 7) is 1.51. The number of nitrogens with one attached hydrogen (secondary N) is 1. The number of hydrogen-bond donors (Lipinski definition) is 2. The summed E-state index contributed by atoms with van der Waals surface area (Å²) in [5, 5.41) is 21.9. The molecule has 2 N–H and O–H groups in total. The van der Waals surface area contributed by atoms with Crippen LogP contribution in [0.1, 0.15) is 36.5 Å². The van der Waals surface area contributed by atoms with Gasteiger partial charge in [-0.25, -0.2) is 0 Å². The molecule has 0 bridgehead atoms. The van der Waals surface area contributed by atoms with Crippen LogP contribution in [-0.4, -0.2) is 30.2 Å². The highest BCUT2D eigenvalue weighted by Gasteiger charge is 2.06. The van der Waals surface area contributed by atoms with Gasteiger partial charge < -0.3 is 10.4 Å². The van der Waals surface area contributed by atoms with Gasteiger partial charge in [-0.1, -0.05) is 18.6 Å². The number of aliphatic hydroxyl groups excluding tert-OH is 1. The number of nitriles is 1. The molecule has 0 aliphatic rings. The van der Waals surface area contributed by atoms with Crippen LogP contribution in [0.15, 0.2) is 24.3 Å². The van der Waals surface area contributed by atoms with Crippen LogP contribution in [0.2, 0.25) is 0 Å². The minimum absolute atomic E-state index is 0.501. The van der Waals surface area contributed by atoms with Gasteiger partial charge in [0.15, 0.2) is 0 Å². The zero-order valence-electron chi connectivity index (χ0n) is 11.4. The third-order valence-corrected chi connectivity index (χ3v) is 3.66. The van der Waals surface area contributed by atoms with E-state index in [1.54, 1.807) is 12.1 Å². The second-order valence-electron chi connectivity index (χ2n) is 4.51. The van der Waals surface area contributed by atoms with Crippen molar-refractivity contribution in [1.29, 1.82) is 5.26 Å². The van der Waals surface area contributed by atoms with Gasteiger partial charge in [-0.05, 0) is 49.1 Å². The van der Waals surface area contributed by atoms with Crippen LogP contribution in [0.4, 0.5) is 0 Å². The molecule has 0 aromatic heterocycles. The first-order chi connectivity index (χ1) is 9.27. The normalized spacial score (nSPS) is 12.1. The molecule has 0 saturated carbocycles. The average Bonchev–Trinajstić information content (AvgIpc) is 2.46. The highest BCUT2D eigenvalue weighted by atomic mass is 32.2. The minimum Gasteiger partial charge on any atom is -0.387 e. The Balaban J connectivity index is 2.16. The van der Waals surface area contributed by atoms with E-state index in [2.05, 4.69) is 17.6 Å². The Morgan fingerprint density at radius 1 is 1.26 bits per heavy atom. The Labute approximate surface area is 120 Å². The standard InChI is InChI=1S/C15H22N2OS/c1-19-10-4-2-3-9-17-12-15(18)14-7-5-13(11-16)6-8-14/h5-8,15,17-18H,2-4,9-10,12H2,1H3. The van der Waals surface area contributed by atoms with Gasteiger partial charge in [0.1, 0.15) is 0 Å². The first-order valence-electron chi connectivity index (χ1n) is 6.65. The summed E-state index contributed by atoms with van der Waals surface area (Å²) < 4.78 is 0. The van der Waals surface area contributed by atoms with Crippen LogP contribution >= 0.6 is 11.8 Å². The third-order valence-electron chi connectivity index (χ3n) is 2.96. The lowest BCUT2D eigenvalue weighted by Crippen LogP contribution is -2.22. The number of unbranched alkanes of at least 4 members (excludes halogenated alkanes) is 2. The van der Waals surface area contributed by atoms with Crippen molar-refractivity contribution in [2.75, 3.05) is 25.1 Å². The van der Waals surface area contributed by atoms with Crippen molar-refractivity contribution in [2.45, 2.75) is 25.4 Å². The summed E-state index contributed by atoms with van der Waals surface area (Å²) in [6, 6.07) is 9.16. The summed E-state index contributed by atoms with van der Waals surface area (Å²) in [4.78, 5) is 0. The van der Waals surface area contributed by atoms with Gasteiger partial charge in [0.25, 0.3) is 0 Å². The molecule has 19 heavy (non-hydrogen) atoms. The lowest BCUT2D eigenvalue weighted by Gasteiger charge is -2.12. The molecule has 1 unspecified atom stereocenters. The molecular formula is C15H22N2OS. The highest BCUT2D eigenvalue weighted by molar-refractivity contribution is 7.98. The Kier molecular flexibility index (Phi) is 8.31. The average molecular weight is 278 g/mol. The van der Waals surface area contributed by atoms with Gasteiger partial charge in [0.05, 0.1) is 17.7 Å². The topological polar surface area (TPSA) is 56.0 Å². The van der Waals surface area contributed by atoms with Gasteiger partial charge in [-0.15, -0.1) is 0 Å². The van der Waals surface area contributed by atoms with E-state index < -0.39 is 6.10 Å². The summed E-state index contributed by atoms with van der Waals surface area (Å²) in [5.74, 6) is 1.23. The molecule has 0 aliphatic heterocycles. The van der Waals surface area contributed by atoms with Crippen LogP contribution in [-0.2, 0) is 0 Å². The zero-order chi connectivity index (χ0) is 13.9. The van der Waals surface area contributed by atoms with Crippen molar-refractivity contribution in [3.8, 4) is 6.07 Å². The summed E-state index contributed by atoms with van der Waals surface area (Å²) >= 11 is 1.89. The molecule has 0 amide bonds. The molecule has 1 rings (SSSR count). The Morgan fingerprint density at radius 2 is 2.00 bits per heavy atom. The molecular weight excluding hydrogens is 256 g/mol. The monoisotopic (exact) mass is 278 g/mol. The molecule has 0 saturated heterocycles. The molecule has 0 radical (unpaired) electrons. The lowest BCUT2D eigenvalue weighted by atomic mass is 10.1. The molecule has 0 heterocycles. The van der Waals surface area contributed by atoms with Crippen molar-refractivity contribution in [3.05, 3.63) is 35.4 Å². The molecule has 1 atom stereocenters. The summed E-state index contributed by atoms with van der Waals surface area (Å²) in [6.07, 6.45) is 5.29. The number of nitrogens with zero attached hydrogens (tertiary/aromatic N) is 1. The van der Waals surface area contributed by atoms with Crippen LogP contribution in [0.25, 0.3) is 0 Å². The first kappa shape index (κ1) is 16.0. The van der Waals surface area contributed by atoms with Crippen LogP contribution in [0.5, 0.6) is 0 Å². The first-order valence-corrected chi connectivity index (χ1v) is 8.05. The quantitative estimate of drug-likeness (QED) is 0.682. The minimum atomic E-state index is -0.501. The predicted octanol–water partition coefficient (Wildman–Crippen LogP) is 2.71. The number of rotatable bonds is 9. The second-order valence-corrected chi connectivity index (χ2v) is 5.49. The highest BCUT2D eigenvalue weighted by Crippen LogP contribution is 2.12. The van der Waals surface area contributed by atoms with Gasteiger partial charge in [0.2, 0.25) is 0 Å². The number of aliphatic hydroxyl groups is 1. The number of benzene rings is 1. The molecule has 1 aromatic rings. The molecule has 104 valence electrons. The maximum atomic E-state index is 9.98. The van der Waals surface area contributed by atoms with E-state index in [1.165, 1.54) is 18.6 Å². The Hall–Kier alpha value is -1.02. The molecule has 0 fully saturated rings. The van der Waals surface area contributed by atoms with Crippen molar-refractivity contribution < 1.29 is 5.11 Å². The molecule has 3 nitrogen and oxygen atoms in total. The lowest BCUT2D eigenvalue weighted by molar-refractivity contribution is 0.174. The van der Waals surface area contributed by atoms with E-state index in [9.17, 15) is 5.11 Å². The fourth-order valence-electron chi connectivity index (χ4n) is 1.81. The molecule has 0 spiro atoms. The van der Waals surface area contributed by atoms with Crippen molar-refractivity contribution in [1.82, 2.24) is 5.32 Å². The zero-order valence-corrected chi connectivity index (χ0v) is 12.2. The van der Waals surface area contributed by atoms with E-state index in [4.69, 9.17) is 5.26 Å². The van der Waals surface area contributed by atoms with Crippen LogP contribution in [0, 0.1) is 11.3 Å². The van der Waals surface area contributed by atoms with Gasteiger partial charge in [-0.3, -0.25) is 0 Å². The van der Waals surface area contributed by atoms with Crippen LogP contribution in [0.3, 0.4) is 0 Å². The van der Waals surface area contributed by atoms with E-state index in [0.29, 0.717) is 12.1 Å². The van der Waals surface area contributed by atoms with Crippen molar-refractivity contribution in [2.24, 2.45) is 0 Å². The Morgan fingerprint density at radius 3 is 2.63 bits per heavy atom. The maximum absolute atomic E-state index is 9.98. The van der Waals surface area contributed by atoms with Crippen molar-refractivity contribution >= 4 is 11.8 Å². The van der Waals surface area contributed by atoms with E-state index >= 15 is 0 Å². The fraction of sp³-hybridized carbons (Fsp3) is 0.533. The Bertz CT molecular complexity index is 386.